The normalized spacial score (nSPS) is 35.3. The van der Waals surface area contributed by atoms with Gasteiger partial charge in [-0.1, -0.05) is 19.3 Å². The molecule has 3 N–H and O–H groups in total. The van der Waals surface area contributed by atoms with Gasteiger partial charge in [-0.25, -0.2) is 11.5 Å². The van der Waals surface area contributed by atoms with Crippen LogP contribution in [0.25, 0.3) is 4.85 Å². The van der Waals surface area contributed by atoms with E-state index in [-0.39, 0.29) is 0 Å². The predicted molar refractivity (Wildman–Crippen MR) is 131 cm³/mol. The zero-order valence-corrected chi connectivity index (χ0v) is 20.9. The molecule has 176 valence electrons. The molecule has 30 heavy (non-hydrogen) atoms. The van der Waals surface area contributed by atoms with E-state index in [1.165, 1.54) is 57.8 Å². The minimum absolute atomic E-state index is 0.586. The van der Waals surface area contributed by atoms with Crippen molar-refractivity contribution in [2.45, 2.75) is 136 Å². The van der Waals surface area contributed by atoms with Gasteiger partial charge in [-0.05, 0) is 80.1 Å². The van der Waals surface area contributed by atoms with Crippen molar-refractivity contribution in [3.05, 3.63) is 11.4 Å². The highest BCUT2D eigenvalue weighted by Gasteiger charge is 2.26. The lowest BCUT2D eigenvalue weighted by molar-refractivity contribution is 0.107. The molecule has 3 heterocycles. The Kier molecular flexibility index (Phi) is 13.9. The van der Waals surface area contributed by atoms with E-state index in [9.17, 15) is 0 Å². The standard InChI is InChI=1S/C9H16N2.C9H20N2.C7H15N/c1-8-5-4-6-9(2)11(8)7-10-3;1-8-4-3-5-9(2)11(8)7-6-10;1-6-4-3-5-7(2)8-6/h8-9H,4-7H2,1-2H3;8-9H,3-7,10H2,1-2H3;6-8H,3-5H2,1-2H3. The molecule has 5 nitrogen and oxygen atoms in total. The van der Waals surface area contributed by atoms with Gasteiger partial charge >= 0.3 is 0 Å². The largest absolute Gasteiger partial charge is 0.329 e. The van der Waals surface area contributed by atoms with Gasteiger partial charge in [-0.15, -0.1) is 0 Å². The summed E-state index contributed by atoms with van der Waals surface area (Å²) < 4.78 is 0. The van der Waals surface area contributed by atoms with Crippen molar-refractivity contribution >= 4 is 0 Å². The number of hydrogen-bond acceptors (Lipinski definition) is 4. The summed E-state index contributed by atoms with van der Waals surface area (Å²) in [6, 6.07) is 4.27. The summed E-state index contributed by atoms with van der Waals surface area (Å²) >= 11 is 0. The van der Waals surface area contributed by atoms with Crippen LogP contribution in [-0.4, -0.2) is 65.8 Å². The van der Waals surface area contributed by atoms with Crippen LogP contribution >= 0.6 is 0 Å². The van der Waals surface area contributed by atoms with Gasteiger partial charge in [0.05, 0.1) is 0 Å². The minimum atomic E-state index is 0.586. The lowest BCUT2D eigenvalue weighted by atomic mass is 9.98. The lowest BCUT2D eigenvalue weighted by Crippen LogP contribution is -2.45. The topological polar surface area (TPSA) is 48.9 Å². The average molecular weight is 422 g/mol. The maximum absolute atomic E-state index is 6.80. The highest BCUT2D eigenvalue weighted by molar-refractivity contribution is 4.81. The van der Waals surface area contributed by atoms with Gasteiger partial charge in [0, 0.05) is 49.3 Å². The van der Waals surface area contributed by atoms with E-state index in [4.69, 9.17) is 12.3 Å². The minimum Gasteiger partial charge on any atom is -0.329 e. The van der Waals surface area contributed by atoms with Crippen molar-refractivity contribution in [2.75, 3.05) is 19.8 Å². The molecule has 3 fully saturated rings. The fourth-order valence-electron chi connectivity index (χ4n) is 5.28. The van der Waals surface area contributed by atoms with Gasteiger partial charge in [0.2, 0.25) is 0 Å². The third kappa shape index (κ3) is 10.1. The summed E-state index contributed by atoms with van der Waals surface area (Å²) in [6.07, 6.45) is 12.1. The summed E-state index contributed by atoms with van der Waals surface area (Å²) in [4.78, 5) is 8.27. The van der Waals surface area contributed by atoms with Crippen LogP contribution in [-0.2, 0) is 0 Å². The number of likely N-dealkylation sites (tertiary alicyclic amines) is 2. The van der Waals surface area contributed by atoms with E-state index >= 15 is 0 Å². The first kappa shape index (κ1) is 27.4. The number of nitrogens with one attached hydrogen (secondary N) is 1. The molecular weight excluding hydrogens is 370 g/mol. The molecule has 0 radical (unpaired) electrons. The van der Waals surface area contributed by atoms with Gasteiger partial charge in [0.1, 0.15) is 0 Å². The van der Waals surface area contributed by atoms with Crippen molar-refractivity contribution < 1.29 is 0 Å². The molecule has 0 aliphatic carbocycles. The van der Waals surface area contributed by atoms with Crippen LogP contribution in [0.2, 0.25) is 0 Å². The van der Waals surface area contributed by atoms with Crippen LogP contribution in [0.15, 0.2) is 0 Å². The van der Waals surface area contributed by atoms with E-state index in [1.54, 1.807) is 0 Å². The second-order valence-electron chi connectivity index (χ2n) is 10.00. The van der Waals surface area contributed by atoms with E-state index in [0.717, 1.165) is 37.3 Å². The Hall–Kier alpha value is -0.670. The first-order valence-corrected chi connectivity index (χ1v) is 12.6. The fourth-order valence-corrected chi connectivity index (χ4v) is 5.28. The molecule has 3 aliphatic heterocycles. The summed E-state index contributed by atoms with van der Waals surface area (Å²) in [5.74, 6) is 0. The summed E-state index contributed by atoms with van der Waals surface area (Å²) in [6.45, 7) is 22.8. The van der Waals surface area contributed by atoms with Crippen LogP contribution in [0.5, 0.6) is 0 Å². The molecule has 0 aromatic rings. The van der Waals surface area contributed by atoms with Crippen molar-refractivity contribution in [1.82, 2.24) is 15.1 Å². The maximum Gasteiger partial charge on any atom is 0.271 e. The first-order chi connectivity index (χ1) is 14.3. The number of nitrogens with two attached hydrogens (primary N) is 1. The van der Waals surface area contributed by atoms with Crippen LogP contribution in [0.4, 0.5) is 0 Å². The molecule has 0 aromatic carbocycles. The fraction of sp³-hybridized carbons (Fsp3) is 0.960. The molecule has 0 spiro atoms. The highest BCUT2D eigenvalue weighted by Crippen LogP contribution is 2.22. The van der Waals surface area contributed by atoms with Crippen LogP contribution in [0.1, 0.15) is 99.3 Å². The molecule has 5 heteroatoms. The Morgan fingerprint density at radius 1 is 0.733 bits per heavy atom. The Morgan fingerprint density at radius 3 is 1.47 bits per heavy atom. The van der Waals surface area contributed by atoms with E-state index in [1.807, 2.05) is 0 Å². The van der Waals surface area contributed by atoms with Crippen molar-refractivity contribution in [3.8, 4) is 0 Å². The van der Waals surface area contributed by atoms with Crippen LogP contribution in [0.3, 0.4) is 0 Å². The van der Waals surface area contributed by atoms with Gasteiger partial charge in [-0.2, -0.15) is 0 Å². The van der Waals surface area contributed by atoms with Gasteiger partial charge < -0.3 is 11.1 Å². The van der Waals surface area contributed by atoms with Crippen LogP contribution < -0.4 is 11.1 Å². The van der Waals surface area contributed by atoms with Crippen molar-refractivity contribution in [2.24, 2.45) is 5.73 Å². The van der Waals surface area contributed by atoms with Gasteiger partial charge in [0.25, 0.3) is 6.67 Å². The average Bonchev–Trinajstić information content (AvgIpc) is 2.69. The van der Waals surface area contributed by atoms with Gasteiger partial charge in [0.15, 0.2) is 0 Å². The second kappa shape index (κ2) is 15.2. The molecule has 6 unspecified atom stereocenters. The summed E-state index contributed by atoms with van der Waals surface area (Å²) in [7, 11) is 0. The monoisotopic (exact) mass is 421 g/mol. The smallest absolute Gasteiger partial charge is 0.271 e. The third-order valence-corrected chi connectivity index (χ3v) is 7.22. The lowest BCUT2D eigenvalue weighted by Gasteiger charge is -2.38. The molecule has 0 bridgehead atoms. The number of piperidine rings is 3. The molecule has 6 atom stereocenters. The Bertz CT molecular complexity index is 449. The SMILES string of the molecule is CC1CCCC(C)N1.CC1CCCC(C)N1CCN.[C-]#[N+]CN1C(C)CCCC1C. The molecule has 0 saturated carbocycles. The predicted octanol–water partition coefficient (Wildman–Crippen LogP) is 4.87. The van der Waals surface area contributed by atoms with E-state index in [0.29, 0.717) is 18.8 Å². The molecule has 3 saturated heterocycles. The molecular formula is C25H51N5. The zero-order valence-electron chi connectivity index (χ0n) is 20.9. The highest BCUT2D eigenvalue weighted by atomic mass is 15.2. The molecule has 0 aromatic heterocycles. The Labute approximate surface area is 188 Å². The Balaban J connectivity index is 0.000000228. The van der Waals surface area contributed by atoms with Gasteiger partial charge in [-0.3, -0.25) is 9.74 Å². The molecule has 0 amide bonds. The van der Waals surface area contributed by atoms with Crippen molar-refractivity contribution in [3.63, 3.8) is 0 Å². The molecule has 3 rings (SSSR count). The zero-order chi connectivity index (χ0) is 22.5. The van der Waals surface area contributed by atoms with Crippen molar-refractivity contribution in [1.29, 1.82) is 0 Å². The quantitative estimate of drug-likeness (QED) is 0.638. The summed E-state index contributed by atoms with van der Waals surface area (Å²) in [5.41, 5.74) is 5.54. The van der Waals surface area contributed by atoms with E-state index in [2.05, 4.69) is 61.5 Å². The Morgan fingerprint density at radius 2 is 1.13 bits per heavy atom. The van der Waals surface area contributed by atoms with Crippen LogP contribution in [0, 0.1) is 6.57 Å². The summed E-state index contributed by atoms with van der Waals surface area (Å²) in [5, 5.41) is 3.48. The number of nitrogens with zero attached hydrogens (tertiary/aromatic N) is 3. The first-order valence-electron chi connectivity index (χ1n) is 12.6. The third-order valence-electron chi connectivity index (χ3n) is 7.22. The molecule has 3 aliphatic rings. The number of hydrogen-bond donors (Lipinski definition) is 2. The van der Waals surface area contributed by atoms with E-state index < -0.39 is 0 Å². The number of rotatable bonds is 3. The second-order valence-corrected chi connectivity index (χ2v) is 10.00. The maximum atomic E-state index is 6.80.